The van der Waals surface area contributed by atoms with E-state index in [0.29, 0.717) is 13.0 Å². The molecule has 2 atom stereocenters. The van der Waals surface area contributed by atoms with Crippen molar-refractivity contribution in [3.8, 4) is 0 Å². The molecule has 4 rings (SSSR count). The van der Waals surface area contributed by atoms with Crippen LogP contribution in [0, 0.1) is 5.92 Å². The van der Waals surface area contributed by atoms with Crippen molar-refractivity contribution < 1.29 is 9.59 Å². The van der Waals surface area contributed by atoms with Gasteiger partial charge in [-0.3, -0.25) is 14.6 Å². The lowest BCUT2D eigenvalue weighted by Gasteiger charge is -2.37. The zero-order valence-electron chi connectivity index (χ0n) is 14.8. The Morgan fingerprint density at radius 2 is 1.92 bits per heavy atom. The van der Waals surface area contributed by atoms with Crippen molar-refractivity contribution in [2.24, 2.45) is 5.92 Å². The Labute approximate surface area is 153 Å². The Morgan fingerprint density at radius 1 is 1.08 bits per heavy atom. The van der Waals surface area contributed by atoms with Crippen molar-refractivity contribution in [1.82, 2.24) is 9.88 Å². The van der Waals surface area contributed by atoms with Crippen LogP contribution in [0.5, 0.6) is 0 Å². The van der Waals surface area contributed by atoms with Crippen LogP contribution >= 0.6 is 0 Å². The van der Waals surface area contributed by atoms with Gasteiger partial charge in [-0.2, -0.15) is 0 Å². The molecule has 26 heavy (non-hydrogen) atoms. The largest absolute Gasteiger partial charge is 0.335 e. The molecule has 2 amide bonds. The first-order valence-corrected chi connectivity index (χ1v) is 9.30. The second-order valence-electron chi connectivity index (χ2n) is 7.07. The number of anilines is 1. The number of hydrogen-bond donors (Lipinski definition) is 0. The van der Waals surface area contributed by atoms with Gasteiger partial charge in [0.25, 0.3) is 0 Å². The van der Waals surface area contributed by atoms with Gasteiger partial charge in [0.05, 0.1) is 12.0 Å². The summed E-state index contributed by atoms with van der Waals surface area (Å²) in [5.74, 6) is -0.130. The van der Waals surface area contributed by atoms with E-state index in [0.717, 1.165) is 37.1 Å². The van der Waals surface area contributed by atoms with Gasteiger partial charge in [0.15, 0.2) is 0 Å². The number of aromatic nitrogens is 1. The van der Waals surface area contributed by atoms with Crippen molar-refractivity contribution in [2.45, 2.75) is 31.7 Å². The highest BCUT2D eigenvalue weighted by molar-refractivity contribution is 6.00. The minimum absolute atomic E-state index is 0.0319. The molecule has 2 fully saturated rings. The van der Waals surface area contributed by atoms with Crippen LogP contribution in [0.15, 0.2) is 54.9 Å². The van der Waals surface area contributed by atoms with Crippen molar-refractivity contribution >= 4 is 17.5 Å². The van der Waals surface area contributed by atoms with Gasteiger partial charge in [-0.1, -0.05) is 24.3 Å². The number of piperidine rings is 1. The van der Waals surface area contributed by atoms with E-state index >= 15 is 0 Å². The molecule has 2 unspecified atom stereocenters. The van der Waals surface area contributed by atoms with Crippen LogP contribution in [0.4, 0.5) is 5.69 Å². The maximum Gasteiger partial charge on any atom is 0.228 e. The molecule has 2 saturated heterocycles. The van der Waals surface area contributed by atoms with E-state index in [1.54, 1.807) is 11.1 Å². The van der Waals surface area contributed by atoms with Gasteiger partial charge >= 0.3 is 0 Å². The highest BCUT2D eigenvalue weighted by Gasteiger charge is 2.39. The molecule has 0 saturated carbocycles. The van der Waals surface area contributed by atoms with Crippen LogP contribution in [-0.4, -0.2) is 34.8 Å². The van der Waals surface area contributed by atoms with Crippen molar-refractivity contribution in [2.75, 3.05) is 18.0 Å². The quantitative estimate of drug-likeness (QED) is 0.855. The maximum atomic E-state index is 13.2. The smallest absolute Gasteiger partial charge is 0.228 e. The van der Waals surface area contributed by atoms with Crippen LogP contribution in [0.1, 0.15) is 37.3 Å². The molecule has 1 aromatic carbocycles. The van der Waals surface area contributed by atoms with E-state index in [2.05, 4.69) is 4.98 Å². The molecule has 134 valence electrons. The lowest BCUT2D eigenvalue weighted by Crippen LogP contribution is -2.42. The van der Waals surface area contributed by atoms with Gasteiger partial charge in [0, 0.05) is 37.6 Å². The molecule has 3 heterocycles. The van der Waals surface area contributed by atoms with Crippen LogP contribution in [0.25, 0.3) is 0 Å². The second-order valence-corrected chi connectivity index (χ2v) is 7.07. The van der Waals surface area contributed by atoms with Crippen molar-refractivity contribution in [3.63, 3.8) is 0 Å². The summed E-state index contributed by atoms with van der Waals surface area (Å²) in [6, 6.07) is 13.6. The lowest BCUT2D eigenvalue weighted by molar-refractivity contribution is -0.139. The van der Waals surface area contributed by atoms with E-state index < -0.39 is 0 Å². The third-order valence-corrected chi connectivity index (χ3v) is 5.40. The summed E-state index contributed by atoms with van der Waals surface area (Å²) in [5.41, 5.74) is 1.96. The number of likely N-dealkylation sites (tertiary alicyclic amines) is 1. The van der Waals surface area contributed by atoms with E-state index in [4.69, 9.17) is 0 Å². The first-order valence-electron chi connectivity index (χ1n) is 9.30. The Bertz CT molecular complexity index is 778. The van der Waals surface area contributed by atoms with E-state index in [9.17, 15) is 9.59 Å². The SMILES string of the molecule is O=C1CC(C(=O)N2CCCCC2c2cccnc2)CN1c1ccccc1. The van der Waals surface area contributed by atoms with Crippen LogP contribution in [0.2, 0.25) is 0 Å². The molecular weight excluding hydrogens is 326 g/mol. The molecule has 2 aliphatic heterocycles. The molecule has 2 aliphatic rings. The van der Waals surface area contributed by atoms with Crippen molar-refractivity contribution in [1.29, 1.82) is 0 Å². The zero-order valence-corrected chi connectivity index (χ0v) is 14.8. The maximum absolute atomic E-state index is 13.2. The van der Waals surface area contributed by atoms with Gasteiger partial charge in [-0.15, -0.1) is 0 Å². The number of hydrogen-bond acceptors (Lipinski definition) is 3. The van der Waals surface area contributed by atoms with Crippen LogP contribution in [-0.2, 0) is 9.59 Å². The van der Waals surface area contributed by atoms with Gasteiger partial charge in [-0.05, 0) is 43.0 Å². The molecular formula is C21H23N3O2. The molecule has 5 nitrogen and oxygen atoms in total. The third kappa shape index (κ3) is 3.21. The molecule has 0 radical (unpaired) electrons. The number of rotatable bonds is 3. The Hall–Kier alpha value is -2.69. The number of benzene rings is 1. The Kier molecular flexibility index (Phi) is 4.69. The average molecular weight is 349 g/mol. The third-order valence-electron chi connectivity index (χ3n) is 5.40. The fourth-order valence-electron chi connectivity index (χ4n) is 4.08. The normalized spacial score (nSPS) is 23.3. The summed E-state index contributed by atoms with van der Waals surface area (Å²) >= 11 is 0. The van der Waals surface area contributed by atoms with Crippen molar-refractivity contribution in [3.05, 3.63) is 60.4 Å². The standard InChI is InChI=1S/C21H23N3O2/c25-20-13-17(15-24(20)18-8-2-1-3-9-18)21(26)23-12-5-4-10-19(23)16-7-6-11-22-14-16/h1-3,6-9,11,14,17,19H,4-5,10,12-13,15H2. The molecule has 0 bridgehead atoms. The highest BCUT2D eigenvalue weighted by atomic mass is 16.2. The Balaban J connectivity index is 1.52. The number of carbonyl (C=O) groups excluding carboxylic acids is 2. The van der Waals surface area contributed by atoms with Crippen LogP contribution < -0.4 is 4.90 Å². The molecule has 1 aromatic heterocycles. The van der Waals surface area contributed by atoms with Gasteiger partial charge in [-0.25, -0.2) is 0 Å². The summed E-state index contributed by atoms with van der Waals surface area (Å²) in [7, 11) is 0. The number of pyridine rings is 1. The van der Waals surface area contributed by atoms with Crippen LogP contribution in [0.3, 0.4) is 0 Å². The topological polar surface area (TPSA) is 53.5 Å². The fraction of sp³-hybridized carbons (Fsp3) is 0.381. The molecule has 2 aromatic rings. The van der Waals surface area contributed by atoms with E-state index in [1.807, 2.05) is 53.6 Å². The summed E-state index contributed by atoms with van der Waals surface area (Å²) in [5, 5.41) is 0. The molecule has 5 heteroatoms. The monoisotopic (exact) mass is 349 g/mol. The van der Waals surface area contributed by atoms with E-state index in [1.165, 1.54) is 0 Å². The number of amides is 2. The fourth-order valence-corrected chi connectivity index (χ4v) is 4.08. The van der Waals surface area contributed by atoms with Gasteiger partial charge in [0.2, 0.25) is 11.8 Å². The van der Waals surface area contributed by atoms with Gasteiger partial charge in [0.1, 0.15) is 0 Å². The molecule has 0 N–H and O–H groups in total. The first-order chi connectivity index (χ1) is 12.7. The zero-order chi connectivity index (χ0) is 17.9. The highest BCUT2D eigenvalue weighted by Crippen LogP contribution is 2.34. The predicted octanol–water partition coefficient (Wildman–Crippen LogP) is 3.19. The average Bonchev–Trinajstić information content (AvgIpc) is 3.10. The van der Waals surface area contributed by atoms with E-state index in [-0.39, 0.29) is 23.8 Å². The minimum atomic E-state index is -0.264. The lowest BCUT2D eigenvalue weighted by atomic mass is 9.94. The Morgan fingerprint density at radius 3 is 2.69 bits per heavy atom. The number of carbonyl (C=O) groups is 2. The molecule has 0 aliphatic carbocycles. The minimum Gasteiger partial charge on any atom is -0.335 e. The predicted molar refractivity (Wildman–Crippen MR) is 99.4 cm³/mol. The molecule has 0 spiro atoms. The first kappa shape index (κ1) is 16.8. The van der Waals surface area contributed by atoms with Gasteiger partial charge < -0.3 is 9.80 Å². The summed E-state index contributed by atoms with van der Waals surface area (Å²) in [6.07, 6.45) is 7.00. The summed E-state index contributed by atoms with van der Waals surface area (Å²) in [6.45, 7) is 1.23. The number of nitrogens with zero attached hydrogens (tertiary/aromatic N) is 3. The summed E-state index contributed by atoms with van der Waals surface area (Å²) < 4.78 is 0. The second kappa shape index (κ2) is 7.28. The number of para-hydroxylation sites is 1. The summed E-state index contributed by atoms with van der Waals surface area (Å²) in [4.78, 5) is 33.6.